The molecule has 2 aromatic rings. The molecule has 2 aromatic carbocycles. The maximum atomic E-state index is 13.6. The maximum Gasteiger partial charge on any atom is 0.254 e. The van der Waals surface area contributed by atoms with Gasteiger partial charge in [0.2, 0.25) is 10.0 Å². The van der Waals surface area contributed by atoms with E-state index >= 15 is 0 Å². The molecule has 1 fully saturated rings. The van der Waals surface area contributed by atoms with Gasteiger partial charge in [0.05, 0.1) is 7.11 Å². The molecule has 6 nitrogen and oxygen atoms in total. The fourth-order valence-corrected chi connectivity index (χ4v) is 4.99. The van der Waals surface area contributed by atoms with E-state index in [0.717, 1.165) is 42.0 Å². The molecule has 0 bridgehead atoms. The Morgan fingerprint density at radius 3 is 2.29 bits per heavy atom. The van der Waals surface area contributed by atoms with Crippen LogP contribution in [-0.4, -0.2) is 50.8 Å². The Hall–Kier alpha value is -2.45. The maximum absolute atomic E-state index is 13.6. The van der Waals surface area contributed by atoms with Crippen molar-refractivity contribution >= 4 is 15.9 Å². The number of halogens is 1. The summed E-state index contributed by atoms with van der Waals surface area (Å²) < 4.78 is 45.2. The predicted octanol–water partition coefficient (Wildman–Crippen LogP) is 4.06. The molecule has 1 saturated carbocycles. The van der Waals surface area contributed by atoms with E-state index in [4.69, 9.17) is 4.74 Å². The molecule has 0 heterocycles. The molecular weight excluding hydrogens is 419 g/mol. The number of nitrogens with zero attached hydrogens (tertiary/aromatic N) is 2. The standard InChI is InChI=1S/C23H29FN2O4S/c1-25(2)31(28,29)22-15-18(11-14-21(22)30-3)23(27)26(20-7-5-4-6-8-20)16-17-9-12-19(24)13-10-17/h9-15,20H,4-8,16H2,1-3H3. The summed E-state index contributed by atoms with van der Waals surface area (Å²) in [6, 6.07) is 10.7. The molecule has 0 aromatic heterocycles. The van der Waals surface area contributed by atoms with Crippen molar-refractivity contribution in [1.82, 2.24) is 9.21 Å². The van der Waals surface area contributed by atoms with Crippen molar-refractivity contribution in [2.24, 2.45) is 0 Å². The van der Waals surface area contributed by atoms with Crippen LogP contribution < -0.4 is 4.74 Å². The number of amides is 1. The molecule has 0 radical (unpaired) electrons. The van der Waals surface area contributed by atoms with Gasteiger partial charge in [0.25, 0.3) is 5.91 Å². The number of methoxy groups -OCH3 is 1. The van der Waals surface area contributed by atoms with Crippen LogP contribution in [0, 0.1) is 5.82 Å². The highest BCUT2D eigenvalue weighted by atomic mass is 32.2. The number of hydrogen-bond acceptors (Lipinski definition) is 4. The molecule has 0 N–H and O–H groups in total. The first-order valence-electron chi connectivity index (χ1n) is 10.4. The highest BCUT2D eigenvalue weighted by molar-refractivity contribution is 7.89. The average Bonchev–Trinajstić information content (AvgIpc) is 2.78. The second-order valence-corrected chi connectivity index (χ2v) is 10.1. The highest BCUT2D eigenvalue weighted by Crippen LogP contribution is 2.30. The van der Waals surface area contributed by atoms with Gasteiger partial charge in [-0.25, -0.2) is 17.1 Å². The highest BCUT2D eigenvalue weighted by Gasteiger charge is 2.29. The largest absolute Gasteiger partial charge is 0.495 e. The van der Waals surface area contributed by atoms with Crippen molar-refractivity contribution in [2.75, 3.05) is 21.2 Å². The number of benzene rings is 2. The average molecular weight is 449 g/mol. The minimum Gasteiger partial charge on any atom is -0.495 e. The van der Waals surface area contributed by atoms with Crippen LogP contribution in [0.2, 0.25) is 0 Å². The van der Waals surface area contributed by atoms with Crippen LogP contribution >= 0.6 is 0 Å². The quantitative estimate of drug-likeness (QED) is 0.641. The van der Waals surface area contributed by atoms with Gasteiger partial charge in [-0.2, -0.15) is 0 Å². The first kappa shape index (κ1) is 23.2. The normalized spacial score (nSPS) is 15.1. The zero-order chi connectivity index (χ0) is 22.6. The molecule has 31 heavy (non-hydrogen) atoms. The van der Waals surface area contributed by atoms with Crippen molar-refractivity contribution < 1.29 is 22.3 Å². The topological polar surface area (TPSA) is 66.9 Å². The van der Waals surface area contributed by atoms with Gasteiger partial charge in [0.1, 0.15) is 16.5 Å². The van der Waals surface area contributed by atoms with Crippen LogP contribution in [0.4, 0.5) is 4.39 Å². The molecule has 1 amide bonds. The van der Waals surface area contributed by atoms with Gasteiger partial charge in [0.15, 0.2) is 0 Å². The number of rotatable bonds is 7. The smallest absolute Gasteiger partial charge is 0.254 e. The van der Waals surface area contributed by atoms with E-state index in [0.29, 0.717) is 6.54 Å². The third-order valence-electron chi connectivity index (χ3n) is 5.71. The Bertz CT molecular complexity index is 1020. The molecule has 1 aliphatic carbocycles. The number of ether oxygens (including phenoxy) is 1. The second kappa shape index (κ2) is 9.78. The lowest BCUT2D eigenvalue weighted by molar-refractivity contribution is 0.0614. The van der Waals surface area contributed by atoms with Crippen molar-refractivity contribution in [3.05, 3.63) is 59.4 Å². The van der Waals surface area contributed by atoms with Crippen molar-refractivity contribution in [1.29, 1.82) is 0 Å². The van der Waals surface area contributed by atoms with Crippen LogP contribution in [0.5, 0.6) is 5.75 Å². The minimum atomic E-state index is -3.79. The van der Waals surface area contributed by atoms with Gasteiger partial charge in [0, 0.05) is 32.2 Å². The van der Waals surface area contributed by atoms with E-state index in [9.17, 15) is 17.6 Å². The molecule has 0 unspecified atom stereocenters. The Morgan fingerprint density at radius 1 is 1.06 bits per heavy atom. The van der Waals surface area contributed by atoms with E-state index in [1.54, 1.807) is 23.1 Å². The van der Waals surface area contributed by atoms with Gasteiger partial charge < -0.3 is 9.64 Å². The van der Waals surface area contributed by atoms with Crippen LogP contribution in [0.3, 0.4) is 0 Å². The van der Waals surface area contributed by atoms with E-state index < -0.39 is 10.0 Å². The molecule has 3 rings (SSSR count). The predicted molar refractivity (Wildman–Crippen MR) is 117 cm³/mol. The molecule has 8 heteroatoms. The van der Waals surface area contributed by atoms with E-state index in [1.165, 1.54) is 45.5 Å². The molecule has 168 valence electrons. The van der Waals surface area contributed by atoms with Gasteiger partial charge in [-0.1, -0.05) is 31.4 Å². The summed E-state index contributed by atoms with van der Waals surface area (Å²) in [6.07, 6.45) is 5.02. The monoisotopic (exact) mass is 448 g/mol. The van der Waals surface area contributed by atoms with Crippen LogP contribution in [0.15, 0.2) is 47.4 Å². The second-order valence-electron chi connectivity index (χ2n) is 8.00. The van der Waals surface area contributed by atoms with E-state index in [-0.39, 0.29) is 34.0 Å². The first-order chi connectivity index (χ1) is 14.7. The number of hydrogen-bond donors (Lipinski definition) is 0. The minimum absolute atomic E-state index is 0.0452. The molecular formula is C23H29FN2O4S. The lowest BCUT2D eigenvalue weighted by Crippen LogP contribution is -2.41. The molecule has 0 saturated heterocycles. The Balaban J connectivity index is 1.99. The SMILES string of the molecule is COc1ccc(C(=O)N(Cc2ccc(F)cc2)C2CCCCC2)cc1S(=O)(=O)N(C)C. The summed E-state index contributed by atoms with van der Waals surface area (Å²) in [5, 5.41) is 0. The Labute approximate surface area is 183 Å². The van der Waals surface area contributed by atoms with E-state index in [1.807, 2.05) is 0 Å². The third-order valence-corrected chi connectivity index (χ3v) is 7.55. The van der Waals surface area contributed by atoms with Gasteiger partial charge in [-0.05, 0) is 48.7 Å². The lowest BCUT2D eigenvalue weighted by Gasteiger charge is -2.35. The first-order valence-corrected chi connectivity index (χ1v) is 11.8. The number of sulfonamides is 1. The fourth-order valence-electron chi connectivity index (χ4n) is 3.92. The molecule has 0 spiro atoms. The Morgan fingerprint density at radius 2 is 1.71 bits per heavy atom. The van der Waals surface area contributed by atoms with Crippen LogP contribution in [0.1, 0.15) is 48.0 Å². The lowest BCUT2D eigenvalue weighted by atomic mass is 9.93. The summed E-state index contributed by atoms with van der Waals surface area (Å²) >= 11 is 0. The van der Waals surface area contributed by atoms with Crippen LogP contribution in [-0.2, 0) is 16.6 Å². The summed E-state index contributed by atoms with van der Waals surface area (Å²) in [7, 11) is 0.477. The van der Waals surface area contributed by atoms with Gasteiger partial charge in [-0.3, -0.25) is 4.79 Å². The zero-order valence-corrected chi connectivity index (χ0v) is 19.0. The summed E-state index contributed by atoms with van der Waals surface area (Å²) in [5.74, 6) is -0.380. The fraction of sp³-hybridized carbons (Fsp3) is 0.435. The number of carbonyl (C=O) groups excluding carboxylic acids is 1. The Kier molecular flexibility index (Phi) is 7.33. The molecule has 1 aliphatic rings. The zero-order valence-electron chi connectivity index (χ0n) is 18.2. The van der Waals surface area contributed by atoms with Crippen molar-refractivity contribution in [3.63, 3.8) is 0 Å². The van der Waals surface area contributed by atoms with Gasteiger partial charge in [-0.15, -0.1) is 0 Å². The van der Waals surface area contributed by atoms with Crippen LogP contribution in [0.25, 0.3) is 0 Å². The summed E-state index contributed by atoms with van der Waals surface area (Å²) in [6.45, 7) is 0.339. The summed E-state index contributed by atoms with van der Waals surface area (Å²) in [5.41, 5.74) is 1.11. The summed E-state index contributed by atoms with van der Waals surface area (Å²) in [4.78, 5) is 15.3. The molecule has 0 aliphatic heterocycles. The van der Waals surface area contributed by atoms with Crippen molar-refractivity contribution in [2.45, 2.75) is 49.6 Å². The van der Waals surface area contributed by atoms with Gasteiger partial charge >= 0.3 is 0 Å². The number of carbonyl (C=O) groups is 1. The van der Waals surface area contributed by atoms with E-state index in [2.05, 4.69) is 0 Å². The third kappa shape index (κ3) is 5.25. The van der Waals surface area contributed by atoms with Crippen molar-refractivity contribution in [3.8, 4) is 5.75 Å². The molecule has 0 atom stereocenters.